The Kier molecular flexibility index (Phi) is 13.8. The molecule has 280 valence electrons. The molecule has 20 atom stereocenters. The summed E-state index contributed by atoms with van der Waals surface area (Å²) in [5.41, 5.74) is 0. The Bertz CT molecular complexity index is 1030. The van der Waals surface area contributed by atoms with Gasteiger partial charge in [0, 0.05) is 6.92 Å². The Balaban J connectivity index is 1.53. The molecule has 1 amide bonds. The fraction of sp³-hybridized carbons (Fsp3) is 0.962. The van der Waals surface area contributed by atoms with E-state index in [2.05, 4.69) is 5.32 Å². The minimum absolute atomic E-state index is 0.701. The molecule has 0 radical (unpaired) electrons. The van der Waals surface area contributed by atoms with Crippen molar-refractivity contribution in [3.63, 3.8) is 0 Å². The van der Waals surface area contributed by atoms with Crippen molar-refractivity contribution >= 4 is 5.91 Å². The second-order valence-corrected chi connectivity index (χ2v) is 11.9. The summed E-state index contributed by atoms with van der Waals surface area (Å²) < 4.78 is 38.3. The molecule has 0 aromatic rings. The van der Waals surface area contributed by atoms with Gasteiger partial charge in [-0.1, -0.05) is 0 Å². The Hall–Kier alpha value is -1.33. The van der Waals surface area contributed by atoms with Gasteiger partial charge in [0.1, 0.15) is 97.6 Å². The first-order chi connectivity index (χ1) is 22.6. The van der Waals surface area contributed by atoms with Crippen LogP contribution in [-0.2, 0) is 38.0 Å². The minimum atomic E-state index is -2.02. The van der Waals surface area contributed by atoms with Crippen molar-refractivity contribution in [1.29, 1.82) is 0 Å². The van der Waals surface area contributed by atoms with Crippen molar-refractivity contribution in [1.82, 2.24) is 5.32 Å². The fourth-order valence-electron chi connectivity index (χ4n) is 5.84. The van der Waals surface area contributed by atoms with Gasteiger partial charge in [0.25, 0.3) is 0 Å². The minimum Gasteiger partial charge on any atom is -0.394 e. The van der Waals surface area contributed by atoms with Crippen LogP contribution >= 0.6 is 0 Å². The van der Waals surface area contributed by atoms with Gasteiger partial charge in [-0.2, -0.15) is 0 Å². The molecule has 0 aromatic carbocycles. The number of amides is 1. The zero-order valence-electron chi connectivity index (χ0n) is 25.5. The molecule has 4 aliphatic rings. The van der Waals surface area contributed by atoms with Gasteiger partial charge in [0.15, 0.2) is 25.2 Å². The van der Waals surface area contributed by atoms with Crippen LogP contribution in [0.5, 0.6) is 0 Å². The Morgan fingerprint density at radius 3 is 1.69 bits per heavy atom. The zero-order chi connectivity index (χ0) is 35.6. The van der Waals surface area contributed by atoms with E-state index in [0.29, 0.717) is 0 Å². The molecule has 0 aliphatic carbocycles. The molecule has 14 N–H and O–H groups in total. The van der Waals surface area contributed by atoms with E-state index < -0.39 is 155 Å². The largest absolute Gasteiger partial charge is 0.394 e. The van der Waals surface area contributed by atoms with Gasteiger partial charge >= 0.3 is 0 Å². The predicted molar refractivity (Wildman–Crippen MR) is 145 cm³/mol. The van der Waals surface area contributed by atoms with Gasteiger partial charge < -0.3 is 105 Å². The van der Waals surface area contributed by atoms with Gasteiger partial charge in [-0.15, -0.1) is 0 Å². The third-order valence-electron chi connectivity index (χ3n) is 8.59. The summed E-state index contributed by atoms with van der Waals surface area (Å²) in [6.45, 7) is -2.12. The van der Waals surface area contributed by atoms with Crippen LogP contribution in [0.1, 0.15) is 6.92 Å². The SMILES string of the molecule is CC(=O)N[C@H]1C(O[C@H]2[C@@H](O)[C@@H](CO)O[C@@H](O[C@H]3[C@H](O)[C@@H](O)C(O)O[C@@H]3CO)[C@@H]2O)O[C@H](CO[C@@H]2O[C@H](CO)[C@H](O)[C@H](O)[C@H]2O)[C@H](O)[C@@H]1O. The van der Waals surface area contributed by atoms with E-state index in [4.69, 9.17) is 33.2 Å². The first kappa shape index (κ1) is 39.5. The highest BCUT2D eigenvalue weighted by Crippen LogP contribution is 2.33. The smallest absolute Gasteiger partial charge is 0.217 e. The summed E-state index contributed by atoms with van der Waals surface area (Å²) in [7, 11) is 0. The predicted octanol–water partition coefficient (Wildman–Crippen LogP) is -9.61. The van der Waals surface area contributed by atoms with E-state index in [1.807, 2.05) is 0 Å². The first-order valence-corrected chi connectivity index (χ1v) is 15.1. The lowest BCUT2D eigenvalue weighted by Gasteiger charge is -2.48. The summed E-state index contributed by atoms with van der Waals surface area (Å²) >= 11 is 0. The van der Waals surface area contributed by atoms with Crippen molar-refractivity contribution < 1.29 is 104 Å². The molecule has 4 fully saturated rings. The normalized spacial score (nSPS) is 50.2. The maximum atomic E-state index is 12.0. The topological polar surface area (TPSA) is 357 Å². The van der Waals surface area contributed by atoms with Gasteiger partial charge in [0.05, 0.1) is 26.4 Å². The number of aliphatic hydroxyl groups excluding tert-OH is 13. The molecule has 0 saturated carbocycles. The molecule has 4 heterocycles. The summed E-state index contributed by atoms with van der Waals surface area (Å²) in [5.74, 6) is -0.732. The third-order valence-corrected chi connectivity index (χ3v) is 8.59. The lowest BCUT2D eigenvalue weighted by molar-refractivity contribution is -0.374. The molecular formula is C26H45NO21. The van der Waals surface area contributed by atoms with Crippen molar-refractivity contribution in [2.45, 2.75) is 130 Å². The van der Waals surface area contributed by atoms with E-state index in [9.17, 15) is 71.2 Å². The second-order valence-electron chi connectivity index (χ2n) is 11.9. The molecule has 0 spiro atoms. The first-order valence-electron chi connectivity index (χ1n) is 15.1. The number of carbonyl (C=O) groups excluding carboxylic acids is 1. The monoisotopic (exact) mass is 707 g/mol. The van der Waals surface area contributed by atoms with Crippen LogP contribution in [0.15, 0.2) is 0 Å². The van der Waals surface area contributed by atoms with Crippen LogP contribution in [0.3, 0.4) is 0 Å². The highest BCUT2D eigenvalue weighted by Gasteiger charge is 2.54. The number of ether oxygens (including phenoxy) is 7. The number of hydrogen-bond acceptors (Lipinski definition) is 21. The van der Waals surface area contributed by atoms with Crippen LogP contribution in [0.4, 0.5) is 0 Å². The lowest BCUT2D eigenvalue weighted by atomic mass is 9.95. The molecule has 22 nitrogen and oxygen atoms in total. The summed E-state index contributed by atoms with van der Waals surface area (Å²) in [4.78, 5) is 12.0. The molecule has 0 aromatic heterocycles. The maximum Gasteiger partial charge on any atom is 0.217 e. The van der Waals surface area contributed by atoms with Crippen LogP contribution in [-0.4, -0.2) is 221 Å². The zero-order valence-corrected chi connectivity index (χ0v) is 25.5. The highest BCUT2D eigenvalue weighted by atomic mass is 16.8. The fourth-order valence-corrected chi connectivity index (χ4v) is 5.84. The van der Waals surface area contributed by atoms with Gasteiger partial charge in [-0.3, -0.25) is 4.79 Å². The highest BCUT2D eigenvalue weighted by molar-refractivity contribution is 5.73. The Labute approximate surface area is 272 Å². The van der Waals surface area contributed by atoms with Gasteiger partial charge in [-0.25, -0.2) is 0 Å². The van der Waals surface area contributed by atoms with Crippen LogP contribution in [0.25, 0.3) is 0 Å². The maximum absolute atomic E-state index is 12.0. The van der Waals surface area contributed by atoms with Crippen molar-refractivity contribution in [3.05, 3.63) is 0 Å². The summed E-state index contributed by atoms with van der Waals surface area (Å²) in [6.07, 6.45) is -33.2. The summed E-state index contributed by atoms with van der Waals surface area (Å²) in [6, 6.07) is -1.57. The molecule has 4 saturated heterocycles. The Morgan fingerprint density at radius 1 is 0.542 bits per heavy atom. The van der Waals surface area contributed by atoms with Gasteiger partial charge in [0.2, 0.25) is 5.91 Å². The third kappa shape index (κ3) is 8.24. The van der Waals surface area contributed by atoms with Crippen LogP contribution in [0, 0.1) is 0 Å². The second kappa shape index (κ2) is 16.8. The van der Waals surface area contributed by atoms with Crippen molar-refractivity contribution in [3.8, 4) is 0 Å². The Morgan fingerprint density at radius 2 is 1.08 bits per heavy atom. The van der Waals surface area contributed by atoms with E-state index in [0.717, 1.165) is 6.92 Å². The number of nitrogens with one attached hydrogen (secondary N) is 1. The van der Waals surface area contributed by atoms with Crippen LogP contribution in [0.2, 0.25) is 0 Å². The number of rotatable bonds is 11. The van der Waals surface area contributed by atoms with E-state index in [-0.39, 0.29) is 0 Å². The van der Waals surface area contributed by atoms with Crippen molar-refractivity contribution in [2.24, 2.45) is 0 Å². The summed E-state index contributed by atoms with van der Waals surface area (Å²) in [5, 5.41) is 136. The van der Waals surface area contributed by atoms with Crippen LogP contribution < -0.4 is 5.32 Å². The molecule has 4 aliphatic heterocycles. The molecule has 0 bridgehead atoms. The van der Waals surface area contributed by atoms with E-state index >= 15 is 0 Å². The molecule has 48 heavy (non-hydrogen) atoms. The van der Waals surface area contributed by atoms with Gasteiger partial charge in [-0.05, 0) is 0 Å². The average molecular weight is 708 g/mol. The quantitative estimate of drug-likeness (QED) is 0.0947. The lowest BCUT2D eigenvalue weighted by Crippen LogP contribution is -2.68. The molecule has 2 unspecified atom stereocenters. The standard InChI is InChI=1S/C26H45NO21/c1-6(31)27-11-15(35)13(33)10(5-42-25-19(39)16(36)12(32)7(2-28)44-25)46-24(11)48-22-14(34)8(3-29)45-26(20(22)40)47-21-9(4-30)43-23(41)18(38)17(21)37/h7-26,28-30,32-41H,2-5H2,1H3,(H,27,31)/t7-,8-,9-,10-,11-,12+,13+,14+,15-,16+,17-,18-,19-,20-,21-,22+,23?,24?,25-,26+/m1/s1. The average Bonchev–Trinajstić information content (AvgIpc) is 3.06. The van der Waals surface area contributed by atoms with E-state index in [1.165, 1.54) is 0 Å². The van der Waals surface area contributed by atoms with E-state index in [1.54, 1.807) is 0 Å². The molecule has 22 heteroatoms. The molecule has 4 rings (SSSR count). The number of aliphatic hydroxyl groups is 13. The number of hydrogen-bond donors (Lipinski definition) is 14. The number of carbonyl (C=O) groups is 1. The molecular weight excluding hydrogens is 662 g/mol. The van der Waals surface area contributed by atoms with Crippen molar-refractivity contribution in [2.75, 3.05) is 26.4 Å².